The van der Waals surface area contributed by atoms with Gasteiger partial charge in [0.1, 0.15) is 17.4 Å². The molecule has 26 heavy (non-hydrogen) atoms. The van der Waals surface area contributed by atoms with Crippen molar-refractivity contribution in [3.05, 3.63) is 70.4 Å². The summed E-state index contributed by atoms with van der Waals surface area (Å²) < 4.78 is 5.31. The molecule has 0 saturated heterocycles. The smallest absolute Gasteiger partial charge is 0.271 e. The molecule has 0 aliphatic heterocycles. The molecule has 0 atom stereocenters. The predicted octanol–water partition coefficient (Wildman–Crippen LogP) is 3.45. The fourth-order valence-corrected chi connectivity index (χ4v) is 2.01. The Labute approximate surface area is 149 Å². The zero-order valence-corrected chi connectivity index (χ0v) is 13.9. The Morgan fingerprint density at radius 3 is 2.62 bits per heavy atom. The van der Waals surface area contributed by atoms with Crippen molar-refractivity contribution in [3.8, 4) is 11.8 Å². The SMILES string of the molecule is CCOc1ccc(NC(=O)/C(C#N)=C\Nc2cccc([N+](=O)[O-])c2)cc1. The van der Waals surface area contributed by atoms with E-state index in [9.17, 15) is 14.9 Å². The quantitative estimate of drug-likeness (QED) is 0.341. The normalized spacial score (nSPS) is 10.5. The van der Waals surface area contributed by atoms with E-state index in [0.29, 0.717) is 23.7 Å². The van der Waals surface area contributed by atoms with Crippen LogP contribution < -0.4 is 15.4 Å². The minimum Gasteiger partial charge on any atom is -0.494 e. The van der Waals surface area contributed by atoms with Gasteiger partial charge in [0.15, 0.2) is 0 Å². The summed E-state index contributed by atoms with van der Waals surface area (Å²) in [6, 6.07) is 14.2. The molecule has 2 rings (SSSR count). The number of ether oxygens (including phenoxy) is 1. The lowest BCUT2D eigenvalue weighted by Crippen LogP contribution is -2.14. The number of nitrogens with one attached hydrogen (secondary N) is 2. The van der Waals surface area contributed by atoms with Crippen LogP contribution in [-0.2, 0) is 4.79 Å². The lowest BCUT2D eigenvalue weighted by atomic mass is 10.2. The fraction of sp³-hybridized carbons (Fsp3) is 0.111. The maximum absolute atomic E-state index is 12.2. The van der Waals surface area contributed by atoms with Crippen molar-refractivity contribution in [1.82, 2.24) is 0 Å². The van der Waals surface area contributed by atoms with E-state index in [2.05, 4.69) is 10.6 Å². The molecule has 0 spiro atoms. The van der Waals surface area contributed by atoms with Gasteiger partial charge in [-0.15, -0.1) is 0 Å². The Kier molecular flexibility index (Phi) is 6.28. The number of nitrogens with zero attached hydrogens (tertiary/aromatic N) is 2. The second-order valence-corrected chi connectivity index (χ2v) is 5.03. The average Bonchev–Trinajstić information content (AvgIpc) is 2.64. The lowest BCUT2D eigenvalue weighted by molar-refractivity contribution is -0.384. The van der Waals surface area contributed by atoms with Crippen LogP contribution in [0.5, 0.6) is 5.75 Å². The van der Waals surface area contributed by atoms with Crippen LogP contribution in [-0.4, -0.2) is 17.4 Å². The van der Waals surface area contributed by atoms with Crippen LogP contribution in [0, 0.1) is 21.4 Å². The topological polar surface area (TPSA) is 117 Å². The number of hydrogen-bond donors (Lipinski definition) is 2. The number of nitriles is 1. The number of amides is 1. The van der Waals surface area contributed by atoms with Crippen LogP contribution in [0.15, 0.2) is 60.3 Å². The highest BCUT2D eigenvalue weighted by molar-refractivity contribution is 6.06. The van der Waals surface area contributed by atoms with Crippen LogP contribution in [0.3, 0.4) is 0 Å². The molecule has 1 amide bonds. The Hall–Kier alpha value is -3.86. The molecular formula is C18H16N4O4. The largest absolute Gasteiger partial charge is 0.494 e. The number of non-ortho nitro benzene ring substituents is 1. The predicted molar refractivity (Wildman–Crippen MR) is 96.7 cm³/mol. The molecule has 0 bridgehead atoms. The number of nitro benzene ring substituents is 1. The van der Waals surface area contributed by atoms with Gasteiger partial charge >= 0.3 is 0 Å². The number of nitro groups is 1. The number of anilines is 2. The van der Waals surface area contributed by atoms with E-state index in [1.807, 2.05) is 6.92 Å². The first-order chi connectivity index (χ1) is 12.5. The van der Waals surface area contributed by atoms with Gasteiger partial charge in [0, 0.05) is 29.7 Å². The first-order valence-electron chi connectivity index (χ1n) is 7.69. The molecule has 0 heterocycles. The van der Waals surface area contributed by atoms with Crippen molar-refractivity contribution in [3.63, 3.8) is 0 Å². The standard InChI is InChI=1S/C18H16N4O4/c1-2-26-17-8-6-14(7-9-17)21-18(23)13(11-19)12-20-15-4-3-5-16(10-15)22(24)25/h3-10,12,20H,2H2,1H3,(H,21,23)/b13-12-. The van der Waals surface area contributed by atoms with E-state index in [1.165, 1.54) is 24.4 Å². The highest BCUT2D eigenvalue weighted by Gasteiger charge is 2.10. The zero-order valence-electron chi connectivity index (χ0n) is 13.9. The number of rotatable bonds is 7. The molecule has 0 aliphatic carbocycles. The van der Waals surface area contributed by atoms with Crippen molar-refractivity contribution in [2.24, 2.45) is 0 Å². The van der Waals surface area contributed by atoms with E-state index >= 15 is 0 Å². The zero-order chi connectivity index (χ0) is 18.9. The van der Waals surface area contributed by atoms with Gasteiger partial charge in [0.25, 0.3) is 11.6 Å². The molecule has 132 valence electrons. The number of carbonyl (C=O) groups excluding carboxylic acids is 1. The molecule has 0 aliphatic rings. The van der Waals surface area contributed by atoms with E-state index in [4.69, 9.17) is 10.00 Å². The van der Waals surface area contributed by atoms with Crippen LogP contribution >= 0.6 is 0 Å². The number of carbonyl (C=O) groups is 1. The molecule has 0 aromatic heterocycles. The van der Waals surface area contributed by atoms with Gasteiger partial charge in [-0.3, -0.25) is 14.9 Å². The van der Waals surface area contributed by atoms with Crippen LogP contribution in [0.25, 0.3) is 0 Å². The van der Waals surface area contributed by atoms with Gasteiger partial charge in [-0.2, -0.15) is 5.26 Å². The van der Waals surface area contributed by atoms with E-state index in [0.717, 1.165) is 0 Å². The van der Waals surface area contributed by atoms with Crippen molar-refractivity contribution in [1.29, 1.82) is 5.26 Å². The van der Waals surface area contributed by atoms with Crippen LogP contribution in [0.4, 0.5) is 17.1 Å². The molecule has 0 saturated carbocycles. The molecule has 0 unspecified atom stereocenters. The summed E-state index contributed by atoms with van der Waals surface area (Å²) in [6.07, 6.45) is 1.20. The third-order valence-electron chi connectivity index (χ3n) is 3.23. The summed E-state index contributed by atoms with van der Waals surface area (Å²) in [4.78, 5) is 22.4. The monoisotopic (exact) mass is 352 g/mol. The van der Waals surface area contributed by atoms with Crippen molar-refractivity contribution in [2.45, 2.75) is 6.92 Å². The van der Waals surface area contributed by atoms with Crippen molar-refractivity contribution >= 4 is 23.0 Å². The van der Waals surface area contributed by atoms with Gasteiger partial charge in [0.2, 0.25) is 0 Å². The second kappa shape index (κ2) is 8.84. The molecular weight excluding hydrogens is 336 g/mol. The van der Waals surface area contributed by atoms with E-state index in [-0.39, 0.29) is 11.3 Å². The van der Waals surface area contributed by atoms with Gasteiger partial charge < -0.3 is 15.4 Å². The summed E-state index contributed by atoms with van der Waals surface area (Å²) in [5.74, 6) is 0.0727. The van der Waals surface area contributed by atoms with Gasteiger partial charge in [0.05, 0.1) is 11.5 Å². The number of hydrogen-bond acceptors (Lipinski definition) is 6. The summed E-state index contributed by atoms with van der Waals surface area (Å²) in [5.41, 5.74) is 0.627. The maximum Gasteiger partial charge on any atom is 0.271 e. The average molecular weight is 352 g/mol. The minimum atomic E-state index is -0.602. The summed E-state index contributed by atoms with van der Waals surface area (Å²) in [5, 5.41) is 25.2. The van der Waals surface area contributed by atoms with Crippen LogP contribution in [0.2, 0.25) is 0 Å². The molecule has 2 aromatic rings. The third-order valence-corrected chi connectivity index (χ3v) is 3.23. The van der Waals surface area contributed by atoms with Crippen molar-refractivity contribution < 1.29 is 14.5 Å². The fourth-order valence-electron chi connectivity index (χ4n) is 2.01. The minimum absolute atomic E-state index is 0.0965. The van der Waals surface area contributed by atoms with Gasteiger partial charge in [-0.1, -0.05) is 6.07 Å². The highest BCUT2D eigenvalue weighted by atomic mass is 16.6. The Bertz CT molecular complexity index is 870. The van der Waals surface area contributed by atoms with Crippen LogP contribution in [0.1, 0.15) is 6.92 Å². The Morgan fingerprint density at radius 1 is 1.27 bits per heavy atom. The second-order valence-electron chi connectivity index (χ2n) is 5.03. The van der Waals surface area contributed by atoms with Gasteiger partial charge in [-0.05, 0) is 37.3 Å². The summed E-state index contributed by atoms with van der Waals surface area (Å²) in [6.45, 7) is 2.41. The van der Waals surface area contributed by atoms with E-state index in [1.54, 1.807) is 36.4 Å². The first-order valence-corrected chi connectivity index (χ1v) is 7.69. The Balaban J connectivity index is 2.06. The molecule has 2 N–H and O–H groups in total. The highest BCUT2D eigenvalue weighted by Crippen LogP contribution is 2.18. The molecule has 8 nitrogen and oxygen atoms in total. The molecule has 8 heteroatoms. The maximum atomic E-state index is 12.2. The van der Waals surface area contributed by atoms with Crippen molar-refractivity contribution in [2.75, 3.05) is 17.2 Å². The molecule has 2 aromatic carbocycles. The third kappa shape index (κ3) is 5.07. The summed E-state index contributed by atoms with van der Waals surface area (Å²) in [7, 11) is 0. The Morgan fingerprint density at radius 2 is 2.00 bits per heavy atom. The van der Waals surface area contributed by atoms with E-state index < -0.39 is 10.8 Å². The molecule has 0 fully saturated rings. The number of benzene rings is 2. The lowest BCUT2D eigenvalue weighted by Gasteiger charge is -2.07. The first kappa shape index (κ1) is 18.5. The summed E-state index contributed by atoms with van der Waals surface area (Å²) >= 11 is 0. The molecule has 0 radical (unpaired) electrons. The van der Waals surface area contributed by atoms with Gasteiger partial charge in [-0.25, -0.2) is 0 Å².